The molecule has 0 aliphatic heterocycles. The fourth-order valence-electron chi connectivity index (χ4n) is 6.23. The van der Waals surface area contributed by atoms with Crippen LogP contribution in [-0.2, 0) is 16.6 Å². The second-order valence-corrected chi connectivity index (χ2v) is 11.0. The highest BCUT2D eigenvalue weighted by Crippen LogP contribution is 2.45. The quantitative estimate of drug-likeness (QED) is 0.148. The maximum absolute atomic E-state index is 12.8. The van der Waals surface area contributed by atoms with Crippen LogP contribution in [0.4, 0.5) is 0 Å². The third-order valence-electron chi connectivity index (χ3n) is 8.85. The molecule has 0 aromatic heterocycles. The van der Waals surface area contributed by atoms with E-state index in [4.69, 9.17) is 14.7 Å². The van der Waals surface area contributed by atoms with E-state index in [0.717, 1.165) is 55.6 Å². The summed E-state index contributed by atoms with van der Waals surface area (Å²) in [7, 11) is 3.46. The van der Waals surface area contributed by atoms with Crippen molar-refractivity contribution in [1.82, 2.24) is 0 Å². The molecule has 0 spiro atoms. The molecule has 0 bridgehead atoms. The number of ether oxygens (including phenoxy) is 2. The number of benzene rings is 2. The fraction of sp³-hybridized carbons (Fsp3) is 0.500. The van der Waals surface area contributed by atoms with Crippen molar-refractivity contribution in [2.24, 2.45) is 11.8 Å². The SMILES string of the molecule is CCC(CCC#N)C(=O)c1ccc(CCCCCCC(CC)(c2ccc(OC)cc2)C2C=CC(OC)=CC2)cc1. The van der Waals surface area contributed by atoms with Gasteiger partial charge >= 0.3 is 0 Å². The maximum Gasteiger partial charge on any atom is 0.165 e. The zero-order valence-electron chi connectivity index (χ0n) is 25.0. The molecule has 0 saturated carbocycles. The summed E-state index contributed by atoms with van der Waals surface area (Å²) in [5.74, 6) is 2.41. The Balaban J connectivity index is 1.54. The van der Waals surface area contributed by atoms with Gasteiger partial charge in [0.2, 0.25) is 0 Å². The molecule has 2 aromatic carbocycles. The Morgan fingerprint density at radius 3 is 2.30 bits per heavy atom. The summed E-state index contributed by atoms with van der Waals surface area (Å²) in [6.07, 6.45) is 17.6. The number of unbranched alkanes of at least 4 members (excludes halogenated alkanes) is 3. The first-order chi connectivity index (χ1) is 19.5. The molecule has 1 aliphatic carbocycles. The summed E-state index contributed by atoms with van der Waals surface area (Å²) in [5.41, 5.74) is 3.54. The normalized spacial score (nSPS) is 16.9. The number of allylic oxidation sites excluding steroid dienone is 3. The van der Waals surface area contributed by atoms with E-state index < -0.39 is 0 Å². The molecular formula is C36H47NO3. The monoisotopic (exact) mass is 541 g/mol. The summed E-state index contributed by atoms with van der Waals surface area (Å²) in [6.45, 7) is 4.35. The Kier molecular flexibility index (Phi) is 12.5. The lowest BCUT2D eigenvalue weighted by Crippen LogP contribution is -2.34. The van der Waals surface area contributed by atoms with Gasteiger partial charge in [-0.3, -0.25) is 4.79 Å². The van der Waals surface area contributed by atoms with Gasteiger partial charge in [-0.2, -0.15) is 5.26 Å². The first-order valence-electron chi connectivity index (χ1n) is 15.1. The van der Waals surface area contributed by atoms with Crippen molar-refractivity contribution in [1.29, 1.82) is 5.26 Å². The third kappa shape index (κ3) is 8.10. The van der Waals surface area contributed by atoms with Gasteiger partial charge in [-0.1, -0.05) is 75.6 Å². The number of hydrogen-bond donors (Lipinski definition) is 0. The summed E-state index contributed by atoms with van der Waals surface area (Å²) in [5, 5.41) is 8.86. The highest BCUT2D eigenvalue weighted by atomic mass is 16.5. The van der Waals surface area contributed by atoms with Crippen LogP contribution >= 0.6 is 0 Å². The van der Waals surface area contributed by atoms with E-state index in [1.807, 2.05) is 19.1 Å². The standard InChI is InChI=1S/C36H47NO3/c1-5-29(13-11-27-37)35(38)30-16-14-28(15-17-30)12-9-7-8-10-26-36(6-2,31-18-22-33(39-3)23-19-31)32-20-24-34(40-4)25-21-32/h14-20,22-25,29,32H,5-13,21,26H2,1-4H3. The largest absolute Gasteiger partial charge is 0.497 e. The van der Waals surface area contributed by atoms with Crippen LogP contribution in [0.5, 0.6) is 5.75 Å². The molecule has 0 radical (unpaired) electrons. The predicted molar refractivity (Wildman–Crippen MR) is 163 cm³/mol. The lowest BCUT2D eigenvalue weighted by molar-refractivity contribution is 0.0911. The van der Waals surface area contributed by atoms with Crippen LogP contribution in [0.2, 0.25) is 0 Å². The van der Waals surface area contributed by atoms with Crippen molar-refractivity contribution in [3.05, 3.63) is 89.2 Å². The molecule has 0 amide bonds. The number of nitriles is 1. The molecule has 3 unspecified atom stereocenters. The molecule has 3 atom stereocenters. The van der Waals surface area contributed by atoms with Gasteiger partial charge in [-0.25, -0.2) is 0 Å². The fourth-order valence-corrected chi connectivity index (χ4v) is 6.23. The van der Waals surface area contributed by atoms with Gasteiger partial charge in [0, 0.05) is 23.3 Å². The number of carbonyl (C=O) groups is 1. The lowest BCUT2D eigenvalue weighted by atomic mass is 9.63. The minimum atomic E-state index is -0.0548. The van der Waals surface area contributed by atoms with Gasteiger partial charge in [0.1, 0.15) is 11.5 Å². The van der Waals surface area contributed by atoms with Gasteiger partial charge in [0.05, 0.1) is 20.3 Å². The molecule has 3 rings (SSSR count). The smallest absolute Gasteiger partial charge is 0.165 e. The van der Waals surface area contributed by atoms with Crippen molar-refractivity contribution in [2.75, 3.05) is 14.2 Å². The minimum Gasteiger partial charge on any atom is -0.497 e. The van der Waals surface area contributed by atoms with Gasteiger partial charge < -0.3 is 9.47 Å². The van der Waals surface area contributed by atoms with E-state index in [2.05, 4.69) is 67.6 Å². The Hall–Kier alpha value is -3.32. The van der Waals surface area contributed by atoms with E-state index in [1.165, 1.54) is 30.4 Å². The van der Waals surface area contributed by atoms with Gasteiger partial charge in [0.25, 0.3) is 0 Å². The molecular weight excluding hydrogens is 494 g/mol. The number of rotatable bonds is 17. The topological polar surface area (TPSA) is 59.3 Å². The number of ketones is 1. The average molecular weight is 542 g/mol. The molecule has 0 N–H and O–H groups in total. The van der Waals surface area contributed by atoms with E-state index in [-0.39, 0.29) is 17.1 Å². The molecule has 0 fully saturated rings. The van der Waals surface area contributed by atoms with Crippen molar-refractivity contribution < 1.29 is 14.3 Å². The zero-order valence-corrected chi connectivity index (χ0v) is 25.0. The van der Waals surface area contributed by atoms with E-state index in [1.54, 1.807) is 14.2 Å². The highest BCUT2D eigenvalue weighted by Gasteiger charge is 2.37. The van der Waals surface area contributed by atoms with Crippen molar-refractivity contribution in [3.63, 3.8) is 0 Å². The molecule has 214 valence electrons. The summed E-state index contributed by atoms with van der Waals surface area (Å²) >= 11 is 0. The lowest BCUT2D eigenvalue weighted by Gasteiger charge is -2.41. The van der Waals surface area contributed by atoms with Crippen LogP contribution in [0.3, 0.4) is 0 Å². The number of Topliss-reactive ketones (excluding diaryl/α,β-unsaturated/α-hetero) is 1. The number of hydrogen-bond acceptors (Lipinski definition) is 4. The van der Waals surface area contributed by atoms with E-state index in [0.29, 0.717) is 18.8 Å². The summed E-state index contributed by atoms with van der Waals surface area (Å²) < 4.78 is 10.9. The molecule has 0 saturated heterocycles. The summed E-state index contributed by atoms with van der Waals surface area (Å²) in [6, 6.07) is 19.0. The molecule has 40 heavy (non-hydrogen) atoms. The van der Waals surface area contributed by atoms with Gasteiger partial charge in [-0.15, -0.1) is 0 Å². The number of carbonyl (C=O) groups excluding carboxylic acids is 1. The van der Waals surface area contributed by atoms with Gasteiger partial charge in [0.15, 0.2) is 5.78 Å². The maximum atomic E-state index is 12.8. The molecule has 2 aromatic rings. The Bertz CT molecular complexity index is 1160. The molecule has 4 heteroatoms. The van der Waals surface area contributed by atoms with Crippen molar-refractivity contribution in [3.8, 4) is 11.8 Å². The van der Waals surface area contributed by atoms with Crippen LogP contribution in [0, 0.1) is 23.2 Å². The Morgan fingerprint density at radius 2 is 1.73 bits per heavy atom. The second-order valence-electron chi connectivity index (χ2n) is 11.0. The first-order valence-corrected chi connectivity index (χ1v) is 15.1. The Labute approximate surface area is 242 Å². The number of nitrogens with zero attached hydrogens (tertiary/aromatic N) is 1. The van der Waals surface area contributed by atoms with Crippen LogP contribution in [-0.4, -0.2) is 20.0 Å². The predicted octanol–water partition coefficient (Wildman–Crippen LogP) is 9.16. The molecule has 1 aliphatic rings. The minimum absolute atomic E-state index is 0.0548. The second kappa shape index (κ2) is 16.1. The molecule has 4 nitrogen and oxygen atoms in total. The highest BCUT2D eigenvalue weighted by molar-refractivity contribution is 5.97. The summed E-state index contributed by atoms with van der Waals surface area (Å²) in [4.78, 5) is 12.8. The van der Waals surface area contributed by atoms with Crippen molar-refractivity contribution >= 4 is 5.78 Å². The van der Waals surface area contributed by atoms with Crippen LogP contribution in [0.25, 0.3) is 0 Å². The number of aryl methyl sites for hydroxylation is 1. The zero-order chi connectivity index (χ0) is 28.8. The van der Waals surface area contributed by atoms with Crippen LogP contribution in [0.15, 0.2) is 72.5 Å². The average Bonchev–Trinajstić information content (AvgIpc) is 3.01. The molecule has 0 heterocycles. The first kappa shape index (κ1) is 31.2. The Morgan fingerprint density at radius 1 is 1.00 bits per heavy atom. The van der Waals surface area contributed by atoms with E-state index in [9.17, 15) is 4.79 Å². The number of methoxy groups -OCH3 is 2. The van der Waals surface area contributed by atoms with Gasteiger partial charge in [-0.05, 0) is 86.3 Å². The third-order valence-corrected chi connectivity index (χ3v) is 8.85. The van der Waals surface area contributed by atoms with Crippen molar-refractivity contribution in [2.45, 2.75) is 89.9 Å². The van der Waals surface area contributed by atoms with Crippen LogP contribution < -0.4 is 4.74 Å². The van der Waals surface area contributed by atoms with Crippen LogP contribution in [0.1, 0.15) is 99.5 Å². The van der Waals surface area contributed by atoms with E-state index >= 15 is 0 Å².